The maximum absolute atomic E-state index is 11.3. The van der Waals surface area contributed by atoms with Crippen LogP contribution in [0.1, 0.15) is 29.2 Å². The van der Waals surface area contributed by atoms with Gasteiger partial charge in [-0.25, -0.2) is 0 Å². The second kappa shape index (κ2) is 6.02. The van der Waals surface area contributed by atoms with E-state index in [2.05, 4.69) is 10.8 Å². The summed E-state index contributed by atoms with van der Waals surface area (Å²) in [6, 6.07) is 5.65. The zero-order chi connectivity index (χ0) is 12.8. The van der Waals surface area contributed by atoms with Crippen LogP contribution in [0.25, 0.3) is 0 Å². The Labute approximate surface area is 101 Å². The van der Waals surface area contributed by atoms with Crippen molar-refractivity contribution in [1.82, 2.24) is 0 Å². The number of rotatable bonds is 4. The van der Waals surface area contributed by atoms with Crippen LogP contribution in [0.3, 0.4) is 0 Å². The van der Waals surface area contributed by atoms with Gasteiger partial charge in [0.15, 0.2) is 0 Å². The molecule has 0 aliphatic heterocycles. The molecule has 0 unspecified atom stereocenters. The van der Waals surface area contributed by atoms with Crippen LogP contribution >= 0.6 is 0 Å². The van der Waals surface area contributed by atoms with Gasteiger partial charge >= 0.3 is 5.97 Å². The minimum absolute atomic E-state index is 0.196. The lowest BCUT2D eigenvalue weighted by molar-refractivity contribution is -0.139. The Kier molecular flexibility index (Phi) is 4.68. The molecule has 0 saturated carbocycles. The molecule has 90 valence electrons. The van der Waals surface area contributed by atoms with Crippen LogP contribution in [0, 0.1) is 11.3 Å². The van der Waals surface area contributed by atoms with Gasteiger partial charge in [-0.1, -0.05) is 13.0 Å². The molecule has 4 nitrogen and oxygen atoms in total. The van der Waals surface area contributed by atoms with E-state index in [9.17, 15) is 4.79 Å². The van der Waals surface area contributed by atoms with E-state index in [0.717, 1.165) is 23.1 Å². The minimum atomic E-state index is -0.300. The monoisotopic (exact) mass is 232 g/mol. The van der Waals surface area contributed by atoms with E-state index in [-0.39, 0.29) is 12.4 Å². The molecule has 0 bridgehead atoms. The van der Waals surface area contributed by atoms with Crippen LogP contribution in [0.4, 0.5) is 0 Å². The molecule has 1 rings (SSSR count). The van der Waals surface area contributed by atoms with Gasteiger partial charge in [0, 0.05) is 6.54 Å². The molecule has 0 amide bonds. The van der Waals surface area contributed by atoms with E-state index >= 15 is 0 Å². The first kappa shape index (κ1) is 13.2. The molecule has 1 aromatic carbocycles. The number of hydrogen-bond acceptors (Lipinski definition) is 4. The minimum Gasteiger partial charge on any atom is -0.469 e. The maximum Gasteiger partial charge on any atom is 0.309 e. The zero-order valence-electron chi connectivity index (χ0n) is 10.1. The average molecular weight is 232 g/mol. The van der Waals surface area contributed by atoms with Gasteiger partial charge in [-0.2, -0.15) is 5.26 Å². The number of esters is 1. The van der Waals surface area contributed by atoms with E-state index in [4.69, 9.17) is 11.0 Å². The van der Waals surface area contributed by atoms with Gasteiger partial charge in [0.25, 0.3) is 0 Å². The molecular weight excluding hydrogens is 216 g/mol. The molecule has 17 heavy (non-hydrogen) atoms. The van der Waals surface area contributed by atoms with Crippen molar-refractivity contribution in [2.75, 3.05) is 7.11 Å². The molecule has 4 heteroatoms. The van der Waals surface area contributed by atoms with Gasteiger partial charge in [0.1, 0.15) is 0 Å². The molecule has 0 radical (unpaired) electrons. The van der Waals surface area contributed by atoms with Crippen molar-refractivity contribution in [2.45, 2.75) is 26.3 Å². The zero-order valence-corrected chi connectivity index (χ0v) is 10.1. The van der Waals surface area contributed by atoms with Crippen LogP contribution in [0.2, 0.25) is 0 Å². The number of ether oxygens (including phenoxy) is 1. The Bertz CT molecular complexity index is 461. The number of carbonyl (C=O) groups excluding carboxylic acids is 1. The summed E-state index contributed by atoms with van der Waals surface area (Å²) in [5.74, 6) is -0.300. The standard InChI is InChI=1S/C13H16N2O2/c1-3-11-10(7-14)5-4-9(12(11)8-15)6-13(16)17-2/h4-5H,3,6,8,15H2,1-2H3. The summed E-state index contributed by atoms with van der Waals surface area (Å²) in [5, 5.41) is 9.01. The number of benzene rings is 1. The highest BCUT2D eigenvalue weighted by atomic mass is 16.5. The lowest BCUT2D eigenvalue weighted by Crippen LogP contribution is -2.12. The molecule has 0 atom stereocenters. The third kappa shape index (κ3) is 2.83. The summed E-state index contributed by atoms with van der Waals surface area (Å²) in [6.07, 6.45) is 0.923. The molecular formula is C13H16N2O2. The van der Waals surface area contributed by atoms with Crippen LogP contribution in [0.5, 0.6) is 0 Å². The normalized spacial score (nSPS) is 9.76. The van der Waals surface area contributed by atoms with E-state index in [1.165, 1.54) is 7.11 Å². The first-order chi connectivity index (χ1) is 8.17. The summed E-state index contributed by atoms with van der Waals surface area (Å²) < 4.78 is 4.64. The lowest BCUT2D eigenvalue weighted by Gasteiger charge is -2.13. The largest absolute Gasteiger partial charge is 0.469 e. The van der Waals surface area contributed by atoms with Crippen LogP contribution in [-0.4, -0.2) is 13.1 Å². The highest BCUT2D eigenvalue weighted by Gasteiger charge is 2.13. The van der Waals surface area contributed by atoms with Gasteiger partial charge in [-0.3, -0.25) is 4.79 Å². The topological polar surface area (TPSA) is 76.1 Å². The molecule has 1 aromatic rings. The summed E-state index contributed by atoms with van der Waals surface area (Å²) >= 11 is 0. The Balaban J connectivity index is 3.24. The van der Waals surface area contributed by atoms with E-state index in [1.807, 2.05) is 6.92 Å². The van der Waals surface area contributed by atoms with Gasteiger partial charge < -0.3 is 10.5 Å². The Hall–Kier alpha value is -1.86. The van der Waals surface area contributed by atoms with Crippen molar-refractivity contribution in [3.63, 3.8) is 0 Å². The van der Waals surface area contributed by atoms with E-state index < -0.39 is 0 Å². The highest BCUT2D eigenvalue weighted by molar-refractivity contribution is 5.73. The van der Waals surface area contributed by atoms with Gasteiger partial charge in [-0.05, 0) is 29.2 Å². The first-order valence-electron chi connectivity index (χ1n) is 5.48. The summed E-state index contributed by atoms with van der Waals surface area (Å²) in [5.41, 5.74) is 8.99. The first-order valence-corrected chi connectivity index (χ1v) is 5.48. The number of nitriles is 1. The molecule has 0 spiro atoms. The molecule has 0 aromatic heterocycles. The van der Waals surface area contributed by atoms with Crippen molar-refractivity contribution in [3.05, 3.63) is 34.4 Å². The van der Waals surface area contributed by atoms with E-state index in [1.54, 1.807) is 12.1 Å². The van der Waals surface area contributed by atoms with Crippen molar-refractivity contribution in [2.24, 2.45) is 5.73 Å². The quantitative estimate of drug-likeness (QED) is 0.794. The number of hydrogen-bond donors (Lipinski definition) is 1. The van der Waals surface area contributed by atoms with Crippen molar-refractivity contribution in [3.8, 4) is 6.07 Å². The predicted molar refractivity (Wildman–Crippen MR) is 64.1 cm³/mol. The molecule has 0 saturated heterocycles. The third-order valence-corrected chi connectivity index (χ3v) is 2.77. The van der Waals surface area contributed by atoms with Crippen molar-refractivity contribution in [1.29, 1.82) is 5.26 Å². The van der Waals surface area contributed by atoms with Crippen molar-refractivity contribution < 1.29 is 9.53 Å². The predicted octanol–water partition coefficient (Wildman–Crippen LogP) is 1.29. The van der Waals surface area contributed by atoms with Crippen molar-refractivity contribution >= 4 is 5.97 Å². The molecule has 0 fully saturated rings. The molecule has 0 aliphatic rings. The van der Waals surface area contributed by atoms with Crippen LogP contribution in [-0.2, 0) is 28.9 Å². The molecule has 0 aliphatic carbocycles. The summed E-state index contributed by atoms with van der Waals surface area (Å²) in [4.78, 5) is 11.3. The second-order valence-electron chi connectivity index (χ2n) is 3.65. The van der Waals surface area contributed by atoms with Crippen LogP contribution < -0.4 is 5.73 Å². The number of methoxy groups -OCH3 is 1. The van der Waals surface area contributed by atoms with Gasteiger partial charge in [-0.15, -0.1) is 0 Å². The van der Waals surface area contributed by atoms with Crippen LogP contribution in [0.15, 0.2) is 12.1 Å². The number of carbonyl (C=O) groups is 1. The maximum atomic E-state index is 11.3. The van der Waals surface area contributed by atoms with E-state index in [0.29, 0.717) is 12.1 Å². The number of nitrogens with two attached hydrogens (primary N) is 1. The smallest absolute Gasteiger partial charge is 0.309 e. The Morgan fingerprint density at radius 3 is 2.65 bits per heavy atom. The third-order valence-electron chi connectivity index (χ3n) is 2.77. The fourth-order valence-corrected chi connectivity index (χ4v) is 1.90. The Morgan fingerprint density at radius 1 is 1.47 bits per heavy atom. The average Bonchev–Trinajstić information content (AvgIpc) is 2.37. The fraction of sp³-hybridized carbons (Fsp3) is 0.385. The van der Waals surface area contributed by atoms with Gasteiger partial charge in [0.2, 0.25) is 0 Å². The highest BCUT2D eigenvalue weighted by Crippen LogP contribution is 2.20. The van der Waals surface area contributed by atoms with Gasteiger partial charge in [0.05, 0.1) is 25.2 Å². The number of nitrogens with zero attached hydrogens (tertiary/aromatic N) is 1. The molecule has 2 N–H and O–H groups in total. The Morgan fingerprint density at radius 2 is 2.18 bits per heavy atom. The molecule has 0 heterocycles. The summed E-state index contributed by atoms with van der Waals surface area (Å²) in [7, 11) is 1.36. The summed E-state index contributed by atoms with van der Waals surface area (Å²) in [6.45, 7) is 2.29. The fourth-order valence-electron chi connectivity index (χ4n) is 1.90. The lowest BCUT2D eigenvalue weighted by atomic mass is 9.93. The second-order valence-corrected chi connectivity index (χ2v) is 3.65. The SMILES string of the molecule is CCc1c(C#N)ccc(CC(=O)OC)c1CN.